The van der Waals surface area contributed by atoms with Gasteiger partial charge in [-0.3, -0.25) is 4.68 Å². The van der Waals surface area contributed by atoms with Crippen molar-refractivity contribution in [2.24, 2.45) is 0 Å². The molecule has 1 aliphatic rings. The minimum absolute atomic E-state index is 0.335. The third-order valence-electron chi connectivity index (χ3n) is 4.56. The van der Waals surface area contributed by atoms with E-state index in [9.17, 15) is 5.11 Å². The zero-order valence-electron chi connectivity index (χ0n) is 14.6. The Morgan fingerprint density at radius 2 is 1.92 bits per heavy atom. The number of benzene rings is 1. The summed E-state index contributed by atoms with van der Waals surface area (Å²) in [6.45, 7) is 7.09. The van der Waals surface area contributed by atoms with E-state index in [4.69, 9.17) is 4.74 Å². The first-order valence-corrected chi connectivity index (χ1v) is 8.71. The lowest BCUT2D eigenvalue weighted by atomic mass is 10.1. The van der Waals surface area contributed by atoms with Crippen LogP contribution in [-0.4, -0.2) is 52.1 Å². The van der Waals surface area contributed by atoms with Gasteiger partial charge in [0.15, 0.2) is 0 Å². The molecular weight excluding hydrogens is 302 g/mol. The molecule has 130 valence electrons. The first kappa shape index (κ1) is 17.0. The smallest absolute Gasteiger partial charge is 0.119 e. The lowest BCUT2D eigenvalue weighted by molar-refractivity contribution is 0.0550. The van der Waals surface area contributed by atoms with Crippen molar-refractivity contribution in [1.29, 1.82) is 0 Å². The number of aromatic nitrogens is 2. The molecule has 0 radical (unpaired) electrons. The van der Waals surface area contributed by atoms with Crippen molar-refractivity contribution in [1.82, 2.24) is 14.7 Å². The summed E-state index contributed by atoms with van der Waals surface area (Å²) in [5.41, 5.74) is 2.36. The third-order valence-corrected chi connectivity index (χ3v) is 4.56. The molecule has 1 saturated heterocycles. The van der Waals surface area contributed by atoms with Crippen molar-refractivity contribution in [3.05, 3.63) is 47.8 Å². The number of piperidine rings is 1. The summed E-state index contributed by atoms with van der Waals surface area (Å²) in [6, 6.07) is 8.60. The molecule has 5 nitrogen and oxygen atoms in total. The van der Waals surface area contributed by atoms with Gasteiger partial charge in [-0.2, -0.15) is 5.10 Å². The fourth-order valence-corrected chi connectivity index (χ4v) is 3.42. The van der Waals surface area contributed by atoms with E-state index in [0.29, 0.717) is 19.2 Å². The zero-order chi connectivity index (χ0) is 16.9. The molecule has 1 aromatic heterocycles. The molecule has 1 unspecified atom stereocenters. The van der Waals surface area contributed by atoms with E-state index < -0.39 is 6.10 Å². The molecule has 24 heavy (non-hydrogen) atoms. The maximum atomic E-state index is 10.3. The largest absolute Gasteiger partial charge is 0.491 e. The summed E-state index contributed by atoms with van der Waals surface area (Å²) in [7, 11) is 0. The molecule has 0 saturated carbocycles. The van der Waals surface area contributed by atoms with Crippen LogP contribution in [0.25, 0.3) is 0 Å². The van der Waals surface area contributed by atoms with Crippen LogP contribution in [0.1, 0.15) is 30.0 Å². The molecule has 1 fully saturated rings. The maximum Gasteiger partial charge on any atom is 0.119 e. The number of β-amino-alcohol motifs (C(OH)–C–C–N with tert-alkyl or cyclic N) is 1. The van der Waals surface area contributed by atoms with Gasteiger partial charge in [-0.1, -0.05) is 6.07 Å². The summed E-state index contributed by atoms with van der Waals surface area (Å²) >= 11 is 0. The molecule has 0 bridgehead atoms. The van der Waals surface area contributed by atoms with E-state index in [1.807, 2.05) is 30.6 Å². The number of aryl methyl sites for hydroxylation is 2. The van der Waals surface area contributed by atoms with Crippen LogP contribution in [0.15, 0.2) is 36.7 Å². The Bertz CT molecular complexity index is 614. The van der Waals surface area contributed by atoms with Gasteiger partial charge in [-0.25, -0.2) is 0 Å². The van der Waals surface area contributed by atoms with E-state index in [1.165, 1.54) is 11.1 Å². The minimum Gasteiger partial charge on any atom is -0.491 e. The van der Waals surface area contributed by atoms with Gasteiger partial charge in [0.25, 0.3) is 0 Å². The summed E-state index contributed by atoms with van der Waals surface area (Å²) in [4.78, 5) is 2.32. The molecule has 1 aliphatic heterocycles. The molecule has 1 aromatic carbocycles. The number of rotatable bonds is 6. The summed E-state index contributed by atoms with van der Waals surface area (Å²) in [5.74, 6) is 0.837. The first-order valence-electron chi connectivity index (χ1n) is 8.71. The van der Waals surface area contributed by atoms with E-state index >= 15 is 0 Å². The topological polar surface area (TPSA) is 50.5 Å². The number of hydrogen-bond acceptors (Lipinski definition) is 4. The highest BCUT2D eigenvalue weighted by molar-refractivity contribution is 5.32. The van der Waals surface area contributed by atoms with Crippen molar-refractivity contribution < 1.29 is 9.84 Å². The predicted molar refractivity (Wildman–Crippen MR) is 94.4 cm³/mol. The number of hydrogen-bond donors (Lipinski definition) is 1. The second-order valence-corrected chi connectivity index (χ2v) is 6.81. The van der Waals surface area contributed by atoms with Gasteiger partial charge in [-0.15, -0.1) is 0 Å². The second kappa shape index (κ2) is 7.81. The normalized spacial score (nSPS) is 17.8. The molecule has 3 rings (SSSR count). The SMILES string of the molecule is Cc1cc(C)cc(OCC(O)CN2CCC(n3cccn3)CC2)c1. The minimum atomic E-state index is -0.466. The molecule has 1 atom stereocenters. The summed E-state index contributed by atoms with van der Waals surface area (Å²) in [6.07, 6.45) is 5.55. The molecule has 2 aromatic rings. The Kier molecular flexibility index (Phi) is 5.53. The van der Waals surface area contributed by atoms with Crippen LogP contribution in [0.3, 0.4) is 0 Å². The van der Waals surface area contributed by atoms with E-state index in [2.05, 4.69) is 34.6 Å². The Hall–Kier alpha value is -1.85. The van der Waals surface area contributed by atoms with E-state index in [-0.39, 0.29) is 0 Å². The third kappa shape index (κ3) is 4.58. The van der Waals surface area contributed by atoms with Crippen molar-refractivity contribution in [2.75, 3.05) is 26.2 Å². The van der Waals surface area contributed by atoms with E-state index in [0.717, 1.165) is 31.7 Å². The molecule has 2 heterocycles. The molecule has 5 heteroatoms. The lowest BCUT2D eigenvalue weighted by Crippen LogP contribution is -2.41. The Morgan fingerprint density at radius 3 is 2.54 bits per heavy atom. The maximum absolute atomic E-state index is 10.3. The average Bonchev–Trinajstić information content (AvgIpc) is 3.07. The van der Waals surface area contributed by atoms with Gasteiger partial charge >= 0.3 is 0 Å². The number of ether oxygens (including phenoxy) is 1. The van der Waals surface area contributed by atoms with E-state index in [1.54, 1.807) is 0 Å². The van der Waals surface area contributed by atoms with Crippen molar-refractivity contribution in [3.63, 3.8) is 0 Å². The molecular formula is C19H27N3O2. The quantitative estimate of drug-likeness (QED) is 0.885. The van der Waals surface area contributed by atoms with Crippen molar-refractivity contribution in [2.45, 2.75) is 38.8 Å². The number of likely N-dealkylation sites (tertiary alicyclic amines) is 1. The number of aliphatic hydroxyl groups excluding tert-OH is 1. The van der Waals surface area contributed by atoms with Crippen LogP contribution in [0.2, 0.25) is 0 Å². The molecule has 0 aliphatic carbocycles. The average molecular weight is 329 g/mol. The summed E-state index contributed by atoms with van der Waals surface area (Å²) in [5, 5.41) is 14.6. The fraction of sp³-hybridized carbons (Fsp3) is 0.526. The first-order chi connectivity index (χ1) is 11.6. The Labute approximate surface area is 143 Å². The monoisotopic (exact) mass is 329 g/mol. The van der Waals surface area contributed by atoms with Gasteiger partial charge in [0.05, 0.1) is 6.04 Å². The molecule has 1 N–H and O–H groups in total. The highest BCUT2D eigenvalue weighted by Crippen LogP contribution is 2.21. The van der Waals surface area contributed by atoms with Gasteiger partial charge in [-0.05, 0) is 56.0 Å². The number of aliphatic hydroxyl groups is 1. The van der Waals surface area contributed by atoms with Gasteiger partial charge in [0, 0.05) is 32.0 Å². The van der Waals surface area contributed by atoms with Gasteiger partial charge in [0.2, 0.25) is 0 Å². The highest BCUT2D eigenvalue weighted by atomic mass is 16.5. The van der Waals surface area contributed by atoms with Crippen LogP contribution < -0.4 is 4.74 Å². The molecule has 0 amide bonds. The van der Waals surface area contributed by atoms with Crippen LogP contribution >= 0.6 is 0 Å². The zero-order valence-corrected chi connectivity index (χ0v) is 14.6. The fourth-order valence-electron chi connectivity index (χ4n) is 3.42. The van der Waals surface area contributed by atoms with Crippen molar-refractivity contribution in [3.8, 4) is 5.75 Å². The van der Waals surface area contributed by atoms with Crippen LogP contribution in [-0.2, 0) is 0 Å². The molecule has 0 spiro atoms. The lowest BCUT2D eigenvalue weighted by Gasteiger charge is -2.33. The number of nitrogens with zero attached hydrogens (tertiary/aromatic N) is 3. The van der Waals surface area contributed by atoms with Gasteiger partial charge < -0.3 is 14.7 Å². The second-order valence-electron chi connectivity index (χ2n) is 6.81. The summed E-state index contributed by atoms with van der Waals surface area (Å²) < 4.78 is 7.81. The Morgan fingerprint density at radius 1 is 1.21 bits per heavy atom. The van der Waals surface area contributed by atoms with Gasteiger partial charge in [0.1, 0.15) is 18.5 Å². The standard InChI is InChI=1S/C19H27N3O2/c1-15-10-16(2)12-19(11-15)24-14-18(23)13-21-8-4-17(5-9-21)22-7-3-6-20-22/h3,6-7,10-12,17-18,23H,4-5,8-9,13-14H2,1-2H3. The Balaban J connectivity index is 1.42. The van der Waals surface area contributed by atoms with Crippen LogP contribution in [0, 0.1) is 13.8 Å². The van der Waals surface area contributed by atoms with Crippen molar-refractivity contribution >= 4 is 0 Å². The van der Waals surface area contributed by atoms with Crippen LogP contribution in [0.4, 0.5) is 0 Å². The van der Waals surface area contributed by atoms with Crippen LogP contribution in [0.5, 0.6) is 5.75 Å². The highest BCUT2D eigenvalue weighted by Gasteiger charge is 2.22. The predicted octanol–water partition coefficient (Wildman–Crippen LogP) is 2.58.